The molecule has 0 amide bonds. The number of carboxylic acid groups (broad SMARTS) is 1. The molecular formula is C39H43NO7S. The number of carboxylic acids is 1. The summed E-state index contributed by atoms with van der Waals surface area (Å²) in [5.41, 5.74) is 5.37. The van der Waals surface area contributed by atoms with Crippen molar-refractivity contribution >= 4 is 38.0 Å². The number of aromatic nitrogens is 1. The summed E-state index contributed by atoms with van der Waals surface area (Å²) in [7, 11) is 0. The minimum Gasteiger partial charge on any atom is -0.493 e. The second kappa shape index (κ2) is 23.1. The number of carbonyl (C=O) groups is 4. The summed E-state index contributed by atoms with van der Waals surface area (Å²) in [6, 6.07) is 34.4. The van der Waals surface area contributed by atoms with E-state index in [9.17, 15) is 9.59 Å². The van der Waals surface area contributed by atoms with E-state index in [1.165, 1.54) is 0 Å². The first-order valence-electron chi connectivity index (χ1n) is 15.0. The van der Waals surface area contributed by atoms with Gasteiger partial charge in [0, 0.05) is 23.1 Å². The lowest BCUT2D eigenvalue weighted by Gasteiger charge is -2.08. The molecule has 0 aliphatic heterocycles. The van der Waals surface area contributed by atoms with Gasteiger partial charge in [0.15, 0.2) is 5.78 Å². The molecule has 5 rings (SSSR count). The van der Waals surface area contributed by atoms with Crippen molar-refractivity contribution in [3.63, 3.8) is 0 Å². The number of nitrogens with zero attached hydrogens (tertiary/aromatic N) is 1. The maximum absolute atomic E-state index is 12.1. The molecule has 1 aromatic heterocycles. The maximum Gasteiger partial charge on any atom is 0.306 e. The number of aryl methyl sites for hydroxylation is 2. The summed E-state index contributed by atoms with van der Waals surface area (Å²) in [5.74, 6) is 1.09. The first-order valence-corrected chi connectivity index (χ1v) is 15.9. The van der Waals surface area contributed by atoms with E-state index in [0.717, 1.165) is 45.0 Å². The summed E-state index contributed by atoms with van der Waals surface area (Å²) in [6.45, 7) is 10.1. The van der Waals surface area contributed by atoms with Crippen molar-refractivity contribution in [1.82, 2.24) is 4.98 Å². The van der Waals surface area contributed by atoms with Crippen LogP contribution in [0.5, 0.6) is 5.75 Å². The van der Waals surface area contributed by atoms with Gasteiger partial charge in [-0.3, -0.25) is 9.59 Å². The normalized spacial score (nSPS) is 10.1. The van der Waals surface area contributed by atoms with E-state index in [0.29, 0.717) is 25.3 Å². The van der Waals surface area contributed by atoms with Gasteiger partial charge in [-0.25, -0.2) is 4.98 Å². The molecule has 9 heteroatoms. The van der Waals surface area contributed by atoms with Crippen molar-refractivity contribution in [2.75, 3.05) is 12.9 Å². The number of thiol groups is 1. The van der Waals surface area contributed by atoms with E-state index in [1.54, 1.807) is 13.2 Å². The van der Waals surface area contributed by atoms with E-state index < -0.39 is 11.9 Å². The lowest BCUT2D eigenvalue weighted by Crippen LogP contribution is -2.12. The number of hydrogen-bond donors (Lipinski definition) is 2. The van der Waals surface area contributed by atoms with E-state index in [-0.39, 0.29) is 5.78 Å². The highest BCUT2D eigenvalue weighted by atomic mass is 32.1. The third-order valence-electron chi connectivity index (χ3n) is 6.83. The zero-order valence-electron chi connectivity index (χ0n) is 27.8. The molecule has 0 aliphatic rings. The topological polar surface area (TPSA) is 124 Å². The monoisotopic (exact) mass is 669 g/mol. The zero-order valence-corrected chi connectivity index (χ0v) is 28.7. The van der Waals surface area contributed by atoms with Crippen molar-refractivity contribution < 1.29 is 33.4 Å². The van der Waals surface area contributed by atoms with Gasteiger partial charge in [0.05, 0.1) is 18.2 Å². The van der Waals surface area contributed by atoms with Gasteiger partial charge in [-0.05, 0) is 61.9 Å². The molecular weight excluding hydrogens is 626 g/mol. The fourth-order valence-electron chi connectivity index (χ4n) is 4.37. The number of carbonyl (C=O) groups excluding carboxylic acids is 3. The van der Waals surface area contributed by atoms with Gasteiger partial charge < -0.3 is 23.8 Å². The molecule has 252 valence electrons. The number of rotatable bonds is 10. The van der Waals surface area contributed by atoms with Crippen LogP contribution in [0.3, 0.4) is 0 Å². The Labute approximate surface area is 288 Å². The largest absolute Gasteiger partial charge is 0.493 e. The van der Waals surface area contributed by atoms with Crippen LogP contribution in [0.2, 0.25) is 0 Å². The Morgan fingerprint density at radius 1 is 0.812 bits per heavy atom. The molecule has 0 radical (unpaired) electrons. The van der Waals surface area contributed by atoms with Crippen LogP contribution < -0.4 is 4.74 Å². The van der Waals surface area contributed by atoms with Crippen molar-refractivity contribution in [2.24, 2.45) is 5.92 Å². The average molecular weight is 670 g/mol. The first kappa shape index (κ1) is 40.7. The van der Waals surface area contributed by atoms with E-state index in [1.807, 2.05) is 137 Å². The molecule has 4 aromatic carbocycles. The minimum atomic E-state index is -0.784. The van der Waals surface area contributed by atoms with E-state index >= 15 is 0 Å². The fraction of sp³-hybridized carbons (Fsp3) is 0.205. The van der Waals surface area contributed by atoms with Crippen LogP contribution in [-0.2, 0) is 27.2 Å². The summed E-state index contributed by atoms with van der Waals surface area (Å²) < 4.78 is 11.6. The summed E-state index contributed by atoms with van der Waals surface area (Å²) >= 11 is 3.53. The second-order valence-electron chi connectivity index (χ2n) is 10.1. The highest BCUT2D eigenvalue weighted by Crippen LogP contribution is 2.22. The van der Waals surface area contributed by atoms with Crippen molar-refractivity contribution in [3.8, 4) is 17.2 Å². The number of ketones is 1. The van der Waals surface area contributed by atoms with Gasteiger partial charge in [0.25, 0.3) is 0 Å². The number of aliphatic carboxylic acids is 1. The van der Waals surface area contributed by atoms with Crippen LogP contribution in [0, 0.1) is 19.8 Å². The van der Waals surface area contributed by atoms with Crippen LogP contribution in [-0.4, -0.2) is 48.3 Å². The number of oxazole rings is 1. The van der Waals surface area contributed by atoms with Crippen molar-refractivity contribution in [3.05, 3.63) is 143 Å². The molecule has 0 fully saturated rings. The van der Waals surface area contributed by atoms with Gasteiger partial charge in [0.2, 0.25) is 5.89 Å². The summed E-state index contributed by atoms with van der Waals surface area (Å²) in [5, 5.41) is 8.98. The van der Waals surface area contributed by atoms with Crippen molar-refractivity contribution in [2.45, 2.75) is 33.6 Å². The van der Waals surface area contributed by atoms with Gasteiger partial charge in [-0.1, -0.05) is 91.9 Å². The molecule has 0 saturated carbocycles. The Kier molecular flexibility index (Phi) is 19.6. The molecule has 5 aromatic rings. The number of ether oxygens (including phenoxy) is 1. The molecule has 0 aliphatic carbocycles. The minimum absolute atomic E-state index is 0.0914. The SMILES string of the molecule is C=O.C=O.CS.Cc1ccccc1C(=O)c1ccccc1.Cc1oc(-c2ccccc2)nc1CCOc1ccc(C[C@H](C)C(=O)O)cc1. The fourth-order valence-corrected chi connectivity index (χ4v) is 4.37. The van der Waals surface area contributed by atoms with Crippen LogP contribution >= 0.6 is 12.6 Å². The van der Waals surface area contributed by atoms with Crippen LogP contribution in [0.15, 0.2) is 114 Å². The predicted molar refractivity (Wildman–Crippen MR) is 193 cm³/mol. The number of hydrogen-bond acceptors (Lipinski definition) is 8. The molecule has 0 bridgehead atoms. The third-order valence-corrected chi connectivity index (χ3v) is 6.83. The predicted octanol–water partition coefficient (Wildman–Crippen LogP) is 7.94. The standard InChI is InChI=1S/C22H23NO4.C14H12O.2CH2O.CH4S/c1-15(22(24)25)14-17-8-10-19(11-9-17)26-13-12-20-16(2)27-21(23-20)18-6-4-3-5-7-18;1-11-7-5-6-10-13(11)14(15)12-8-3-2-4-9-12;3*1-2/h3-11,15H,12-14H2,1-2H3,(H,24,25);2-10H,1H3;2*1H2;2H,1H3/t15-;;;;/m0..../s1. The first-order chi connectivity index (χ1) is 23.3. The van der Waals surface area contributed by atoms with Crippen LogP contribution in [0.25, 0.3) is 11.5 Å². The van der Waals surface area contributed by atoms with Gasteiger partial charge in [-0.15, -0.1) is 0 Å². The lowest BCUT2D eigenvalue weighted by molar-refractivity contribution is -0.141. The quantitative estimate of drug-likeness (QED) is 0.114. The smallest absolute Gasteiger partial charge is 0.306 e. The Morgan fingerprint density at radius 3 is 1.92 bits per heavy atom. The van der Waals surface area contributed by atoms with Crippen molar-refractivity contribution in [1.29, 1.82) is 0 Å². The average Bonchev–Trinajstić information content (AvgIpc) is 3.52. The molecule has 0 spiro atoms. The summed E-state index contributed by atoms with van der Waals surface area (Å²) in [6.07, 6.45) is 2.86. The van der Waals surface area contributed by atoms with Crippen LogP contribution in [0.1, 0.15) is 45.4 Å². The summed E-state index contributed by atoms with van der Waals surface area (Å²) in [4.78, 5) is 43.6. The molecule has 0 unspecified atom stereocenters. The Balaban J connectivity index is 0.000000463. The molecule has 0 saturated heterocycles. The third kappa shape index (κ3) is 13.2. The van der Waals surface area contributed by atoms with E-state index in [2.05, 4.69) is 17.6 Å². The molecule has 1 atom stereocenters. The highest BCUT2D eigenvalue weighted by molar-refractivity contribution is 7.79. The Hall–Kier alpha value is -5.28. The van der Waals surface area contributed by atoms with E-state index in [4.69, 9.17) is 23.8 Å². The maximum atomic E-state index is 12.1. The number of benzene rings is 4. The zero-order chi connectivity index (χ0) is 35.9. The van der Waals surface area contributed by atoms with Gasteiger partial charge in [0.1, 0.15) is 25.1 Å². The van der Waals surface area contributed by atoms with Gasteiger partial charge >= 0.3 is 5.97 Å². The molecule has 48 heavy (non-hydrogen) atoms. The Bertz CT molecular complexity index is 1640. The second-order valence-corrected chi connectivity index (χ2v) is 10.1. The van der Waals surface area contributed by atoms with Crippen LogP contribution in [0.4, 0.5) is 0 Å². The Morgan fingerprint density at radius 2 is 1.35 bits per heavy atom. The molecule has 1 heterocycles. The highest BCUT2D eigenvalue weighted by Gasteiger charge is 2.13. The van der Waals surface area contributed by atoms with Gasteiger partial charge in [-0.2, -0.15) is 12.6 Å². The molecule has 1 N–H and O–H groups in total. The lowest BCUT2D eigenvalue weighted by atomic mass is 9.99. The molecule has 8 nitrogen and oxygen atoms in total.